The minimum absolute atomic E-state index is 0. The molecule has 20 heteroatoms. The number of benzene rings is 3. The van der Waals surface area contributed by atoms with Gasteiger partial charge in [-0.3, -0.25) is 4.79 Å². The Bertz CT molecular complexity index is 3150. The average Bonchev–Trinajstić information content (AvgIpc) is 1.62. The lowest BCUT2D eigenvalue weighted by molar-refractivity contribution is -0.156. The SMILES string of the molecule is BrCCCBr.C.C.CC(C)(C)OC(=O)N(CC1(C#N)CCC1)[C@H]1CC1c1ccccc1.CC(C)(C)OC(=O)N[C@H]1CC1c1ccccc1.CCC1(C#N)CCC1.CCOC(=O)C1(C#N)CCC1.N#CC1(CN[C@H]2CC2c2ccccc2)CCC1.N#CC1(CO)CCC1.[C-]#[N+]CC(=O)OCC.[CH3-]. The smallest absolute Gasteiger partial charge is 0.410 e. The number of nitrogens with one attached hydrogen (secondary N) is 2. The molecule has 0 bridgehead atoms. The van der Waals surface area contributed by atoms with Crippen LogP contribution >= 0.6 is 31.9 Å². The maximum atomic E-state index is 12.7. The van der Waals surface area contributed by atoms with Crippen molar-refractivity contribution >= 4 is 56.0 Å². The Morgan fingerprint density at radius 3 is 1.31 bits per heavy atom. The number of alkyl halides is 2. The van der Waals surface area contributed by atoms with Crippen molar-refractivity contribution < 1.29 is 43.2 Å². The molecule has 8 fully saturated rings. The fourth-order valence-electron chi connectivity index (χ4n) is 11.6. The summed E-state index contributed by atoms with van der Waals surface area (Å²) >= 11 is 6.56. The number of amides is 2. The van der Waals surface area contributed by atoms with E-state index in [0.29, 0.717) is 56.4 Å². The van der Waals surface area contributed by atoms with Crippen molar-refractivity contribution in [2.24, 2.45) is 27.1 Å². The normalized spacial score (nSPS) is 21.4. The zero-order valence-corrected chi connectivity index (χ0v) is 63.7. The summed E-state index contributed by atoms with van der Waals surface area (Å²) in [5, 5.41) is 61.7. The van der Waals surface area contributed by atoms with Crippen molar-refractivity contribution in [2.75, 3.05) is 50.1 Å². The molecule has 8 saturated carbocycles. The van der Waals surface area contributed by atoms with E-state index in [2.05, 4.69) is 138 Å². The third-order valence-electron chi connectivity index (χ3n) is 19.0. The second-order valence-electron chi connectivity index (χ2n) is 28.8. The summed E-state index contributed by atoms with van der Waals surface area (Å²) in [5.74, 6) is 0.696. The molecule has 3 N–H and O–H groups in total. The minimum atomic E-state index is -0.782. The summed E-state index contributed by atoms with van der Waals surface area (Å²) in [6.45, 7) is 25.0. The summed E-state index contributed by atoms with van der Waals surface area (Å²) in [6, 6.07) is 43.6. The van der Waals surface area contributed by atoms with E-state index in [4.69, 9.17) is 46.9 Å². The van der Waals surface area contributed by atoms with Crippen LogP contribution in [0.2, 0.25) is 0 Å². The molecular formula is C81H118Br2N9O9-. The van der Waals surface area contributed by atoms with Crippen molar-refractivity contribution in [3.63, 3.8) is 0 Å². The predicted molar refractivity (Wildman–Crippen MR) is 407 cm³/mol. The molecule has 0 spiro atoms. The van der Waals surface area contributed by atoms with Gasteiger partial charge < -0.3 is 51.9 Å². The summed E-state index contributed by atoms with van der Waals surface area (Å²) in [6.07, 6.45) is 19.8. The number of ether oxygens (including phenoxy) is 4. The number of aliphatic hydroxyl groups is 1. The minimum Gasteiger partial charge on any atom is -0.465 e. The van der Waals surface area contributed by atoms with Crippen LogP contribution in [0.25, 0.3) is 4.85 Å². The van der Waals surface area contributed by atoms with E-state index in [0.717, 1.165) is 107 Å². The van der Waals surface area contributed by atoms with Gasteiger partial charge in [-0.25, -0.2) is 21.0 Å². The van der Waals surface area contributed by atoms with Crippen LogP contribution in [0, 0.1) is 97.7 Å². The van der Waals surface area contributed by atoms with Crippen LogP contribution in [-0.2, 0) is 28.5 Å². The third kappa shape index (κ3) is 30.8. The monoisotopic (exact) mass is 1520 g/mol. The molecular weight excluding hydrogens is 1400 g/mol. The quantitative estimate of drug-likeness (QED) is 0.0462. The van der Waals surface area contributed by atoms with Gasteiger partial charge in [0.2, 0.25) is 0 Å². The molecule has 2 amide bonds. The van der Waals surface area contributed by atoms with Crippen LogP contribution in [0.4, 0.5) is 9.59 Å². The number of rotatable bonds is 18. The Labute approximate surface area is 624 Å². The highest BCUT2D eigenvalue weighted by molar-refractivity contribution is 9.09. The molecule has 3 aromatic carbocycles. The van der Waals surface area contributed by atoms with Gasteiger partial charge in [-0.1, -0.05) is 170 Å². The van der Waals surface area contributed by atoms with Crippen LogP contribution in [0.15, 0.2) is 91.0 Å². The van der Waals surface area contributed by atoms with Gasteiger partial charge in [-0.05, 0) is 175 Å². The van der Waals surface area contributed by atoms with Gasteiger partial charge in [0.15, 0.2) is 5.41 Å². The molecule has 18 nitrogen and oxygen atoms in total. The zero-order chi connectivity index (χ0) is 72.5. The molecule has 8 aliphatic carbocycles. The molecule has 3 unspecified atom stereocenters. The summed E-state index contributed by atoms with van der Waals surface area (Å²) in [4.78, 5) is 50.3. The van der Waals surface area contributed by atoms with Gasteiger partial charge in [0.1, 0.15) is 11.2 Å². The summed E-state index contributed by atoms with van der Waals surface area (Å²) in [7, 11) is 0. The number of nitrogens with zero attached hydrogens (tertiary/aromatic N) is 7. The number of hydrogen-bond donors (Lipinski definition) is 3. The van der Waals surface area contributed by atoms with Crippen LogP contribution in [0.3, 0.4) is 0 Å². The second-order valence-corrected chi connectivity index (χ2v) is 30.4. The van der Waals surface area contributed by atoms with Gasteiger partial charge >= 0.3 is 30.7 Å². The lowest BCUT2D eigenvalue weighted by atomic mass is 9.68. The molecule has 0 aliphatic heterocycles. The molecule has 0 radical (unpaired) electrons. The van der Waals surface area contributed by atoms with Crippen molar-refractivity contribution in [1.29, 1.82) is 26.3 Å². The van der Waals surface area contributed by atoms with Gasteiger partial charge in [-0.2, -0.15) is 26.3 Å². The molecule has 3 aromatic rings. The number of nitriles is 5. The van der Waals surface area contributed by atoms with Crippen LogP contribution in [-0.4, -0.2) is 114 Å². The fourth-order valence-corrected chi connectivity index (χ4v) is 12.9. The van der Waals surface area contributed by atoms with E-state index in [1.54, 1.807) is 13.8 Å². The van der Waals surface area contributed by atoms with Crippen LogP contribution < -0.4 is 10.6 Å². The lowest BCUT2D eigenvalue weighted by Gasteiger charge is -2.40. The standard InChI is InChI=1S/C20H26N2O2.C15H18N2.C14H19NO2.C8H11NO2.C7H11N.C6H9NO.C5H7NO2.C3H6Br2.2CH4.CH3/c1-19(2,3)24-18(23)22(14-20(13-21)10-7-11-20)17-12-16(17)15-8-5-4-6-9-15;16-10-15(7-4-8-15)11-17-14-9-13(14)12-5-2-1-3-6-12;1-14(2,3)17-13(16)15-12-9-11(12)10-7-5-4-6-8-10;1-2-11-7(10)8(6-9)4-3-5-8;1-2-7(6-8)4-3-5-7;7-4-6(5-8)2-1-3-6;1-3-8-5(7)4-6-2;4-2-1-3-5;;;/h4-6,8-9,16-17H,7,10-12,14H2,1-3H3;1-3,5-6,13-14,17H,4,7-9,11H2;4-8,11-12H,9H2,1-3H3,(H,15,16);2-5H2,1H3;2-5H2,1H3;8H,1-3,5H2;3-4H2,1H3;1-3H2;2*1H4;1H3/q;;;;;;;;;;-1/t16?,17-;13?,14-;11?,12-;;;;;;;;/m000......../s1. The number of aliphatic hydroxyl groups excluding tert-OH is 1. The third-order valence-corrected chi connectivity index (χ3v) is 20.1. The van der Waals surface area contributed by atoms with Gasteiger partial charge in [0.25, 0.3) is 0 Å². The first kappa shape index (κ1) is 92.0. The zero-order valence-electron chi connectivity index (χ0n) is 60.5. The molecule has 6 atom stereocenters. The van der Waals surface area contributed by atoms with Crippen molar-refractivity contribution in [2.45, 2.75) is 253 Å². The molecule has 0 heterocycles. The molecule has 8 aliphatic rings. The Kier molecular flexibility index (Phi) is 41.1. The van der Waals surface area contributed by atoms with E-state index in [-0.39, 0.29) is 87.3 Å². The highest BCUT2D eigenvalue weighted by Crippen LogP contribution is 2.50. The van der Waals surface area contributed by atoms with Crippen LogP contribution in [0.5, 0.6) is 0 Å². The van der Waals surface area contributed by atoms with E-state index in [1.165, 1.54) is 42.4 Å². The molecule has 101 heavy (non-hydrogen) atoms. The molecule has 0 aromatic heterocycles. The van der Waals surface area contributed by atoms with Crippen molar-refractivity contribution in [1.82, 2.24) is 15.5 Å². The maximum Gasteiger partial charge on any atom is 0.410 e. The van der Waals surface area contributed by atoms with E-state index in [1.807, 2.05) is 88.9 Å². The number of halogens is 2. The highest BCUT2D eigenvalue weighted by atomic mass is 79.9. The van der Waals surface area contributed by atoms with Crippen molar-refractivity contribution in [3.8, 4) is 30.3 Å². The van der Waals surface area contributed by atoms with E-state index in [9.17, 15) is 24.4 Å². The molecule has 556 valence electrons. The number of carbonyl (C=O) groups excluding carboxylic acids is 4. The Morgan fingerprint density at radius 2 is 1.00 bits per heavy atom. The van der Waals surface area contributed by atoms with E-state index < -0.39 is 22.6 Å². The number of alkyl carbamates (subject to hydrolysis) is 1. The number of carbonyl (C=O) groups is 4. The largest absolute Gasteiger partial charge is 0.465 e. The fraction of sp³-hybridized carbons (Fsp3) is 0.642. The topological polar surface area (TPSA) is 276 Å². The van der Waals surface area contributed by atoms with Gasteiger partial charge in [-0.15, -0.1) is 0 Å². The maximum absolute atomic E-state index is 12.7. The average molecular weight is 1520 g/mol. The Hall–Kier alpha value is -7.04. The second kappa shape index (κ2) is 45.1. The van der Waals surface area contributed by atoms with Gasteiger partial charge in [0.05, 0.1) is 71.8 Å². The lowest BCUT2D eigenvalue weighted by Crippen LogP contribution is -2.47. The van der Waals surface area contributed by atoms with E-state index >= 15 is 0 Å². The Balaban J connectivity index is 0.000000601. The van der Waals surface area contributed by atoms with Crippen LogP contribution in [0.1, 0.15) is 240 Å². The molecule has 0 saturated heterocycles. The van der Waals surface area contributed by atoms with Crippen molar-refractivity contribution in [3.05, 3.63) is 127 Å². The first-order valence-electron chi connectivity index (χ1n) is 35.1. The first-order valence-corrected chi connectivity index (χ1v) is 37.3. The Morgan fingerprint density at radius 1 is 0.584 bits per heavy atom. The molecule has 11 rings (SSSR count). The predicted octanol–water partition coefficient (Wildman–Crippen LogP) is 18.7. The summed E-state index contributed by atoms with van der Waals surface area (Å²) < 4.78 is 20.1. The number of esters is 2. The van der Waals surface area contributed by atoms with Gasteiger partial charge in [0, 0.05) is 59.6 Å². The first-order chi connectivity index (χ1) is 46.7. The highest BCUT2D eigenvalue weighted by Gasteiger charge is 2.51. The summed E-state index contributed by atoms with van der Waals surface area (Å²) in [5.41, 5.74) is 1.61. The number of hydrogen-bond acceptors (Lipinski definition) is 15.